The summed E-state index contributed by atoms with van der Waals surface area (Å²) in [4.78, 5) is 23.4. The fourth-order valence-corrected chi connectivity index (χ4v) is 1.86. The molecule has 21 heavy (non-hydrogen) atoms. The summed E-state index contributed by atoms with van der Waals surface area (Å²) >= 11 is 5.80. The summed E-state index contributed by atoms with van der Waals surface area (Å²) in [7, 11) is 0. The number of benzene rings is 2. The molecule has 0 heterocycles. The lowest BCUT2D eigenvalue weighted by Gasteiger charge is -2.06. The molecule has 2 aromatic carbocycles. The number of Topliss-reactive ketones (excluding diaryl/α,β-unsaturated/α-hetero) is 1. The van der Waals surface area contributed by atoms with Gasteiger partial charge in [-0.1, -0.05) is 18.5 Å². The van der Waals surface area contributed by atoms with Crippen LogP contribution in [0.25, 0.3) is 0 Å². The summed E-state index contributed by atoms with van der Waals surface area (Å²) in [6.45, 7) is 1.85. The summed E-state index contributed by atoms with van der Waals surface area (Å²) in [5.74, 6) is 0.531. The van der Waals surface area contributed by atoms with Crippen molar-refractivity contribution in [2.45, 2.75) is 13.3 Å². The second kappa shape index (κ2) is 7.04. The van der Waals surface area contributed by atoms with Crippen molar-refractivity contribution in [3.8, 4) is 5.75 Å². The summed E-state index contributed by atoms with van der Waals surface area (Å²) in [6.07, 6.45) is 0.452. The third kappa shape index (κ3) is 4.17. The molecule has 0 aliphatic rings. The Labute approximate surface area is 128 Å². The third-order valence-electron chi connectivity index (χ3n) is 3.02. The lowest BCUT2D eigenvalue weighted by molar-refractivity contribution is -0.120. The molecule has 2 aromatic rings. The Morgan fingerprint density at radius 3 is 2.00 bits per heavy atom. The van der Waals surface area contributed by atoms with E-state index in [0.717, 1.165) is 0 Å². The maximum absolute atomic E-state index is 12.2. The van der Waals surface area contributed by atoms with Crippen molar-refractivity contribution in [2.24, 2.45) is 0 Å². The molecule has 4 heteroatoms. The van der Waals surface area contributed by atoms with Crippen LogP contribution in [0.4, 0.5) is 0 Å². The number of halogens is 1. The highest BCUT2D eigenvalue weighted by Crippen LogP contribution is 2.17. The van der Waals surface area contributed by atoms with E-state index >= 15 is 0 Å². The van der Waals surface area contributed by atoms with Gasteiger partial charge < -0.3 is 4.74 Å². The molecule has 0 unspecified atom stereocenters. The first-order chi connectivity index (χ1) is 10.1. The predicted octanol–water partition coefficient (Wildman–Crippen LogP) is 3.93. The van der Waals surface area contributed by atoms with Crippen LogP contribution in [-0.4, -0.2) is 18.2 Å². The van der Waals surface area contributed by atoms with Gasteiger partial charge in [0.1, 0.15) is 12.4 Å². The van der Waals surface area contributed by atoms with Gasteiger partial charge in [-0.2, -0.15) is 0 Å². The Kier molecular flexibility index (Phi) is 5.12. The Bertz CT molecular complexity index is 630. The van der Waals surface area contributed by atoms with Crippen LogP contribution in [0.1, 0.15) is 29.3 Å². The second-order valence-electron chi connectivity index (χ2n) is 4.54. The monoisotopic (exact) mass is 302 g/mol. The predicted molar refractivity (Wildman–Crippen MR) is 82.1 cm³/mol. The van der Waals surface area contributed by atoms with Gasteiger partial charge in [0, 0.05) is 22.6 Å². The fraction of sp³-hybridized carbons (Fsp3) is 0.176. The lowest BCUT2D eigenvalue weighted by atomic mass is 10.0. The van der Waals surface area contributed by atoms with Crippen molar-refractivity contribution in [1.29, 1.82) is 0 Å². The van der Waals surface area contributed by atoms with Crippen molar-refractivity contribution in [2.75, 3.05) is 6.61 Å². The van der Waals surface area contributed by atoms with Crippen molar-refractivity contribution < 1.29 is 14.3 Å². The van der Waals surface area contributed by atoms with Crippen LogP contribution in [0.15, 0.2) is 48.5 Å². The minimum atomic E-state index is -0.0807. The van der Waals surface area contributed by atoms with Gasteiger partial charge in [0.05, 0.1) is 0 Å². The molecule has 0 amide bonds. The Hall–Kier alpha value is -2.13. The smallest absolute Gasteiger partial charge is 0.193 e. The minimum absolute atomic E-state index is 0.0383. The van der Waals surface area contributed by atoms with Crippen molar-refractivity contribution >= 4 is 23.2 Å². The highest BCUT2D eigenvalue weighted by atomic mass is 35.5. The zero-order valence-electron chi connectivity index (χ0n) is 11.6. The van der Waals surface area contributed by atoms with E-state index < -0.39 is 0 Å². The molecular weight excluding hydrogens is 288 g/mol. The van der Waals surface area contributed by atoms with Crippen molar-refractivity contribution in [3.05, 3.63) is 64.7 Å². The van der Waals surface area contributed by atoms with Crippen LogP contribution < -0.4 is 4.74 Å². The van der Waals surface area contributed by atoms with Gasteiger partial charge in [0.25, 0.3) is 0 Å². The quantitative estimate of drug-likeness (QED) is 0.759. The van der Waals surface area contributed by atoms with Gasteiger partial charge in [-0.15, -0.1) is 0 Å². The summed E-state index contributed by atoms with van der Waals surface area (Å²) < 4.78 is 5.34. The van der Waals surface area contributed by atoms with E-state index in [0.29, 0.717) is 28.3 Å². The molecule has 0 aliphatic heterocycles. The highest BCUT2D eigenvalue weighted by molar-refractivity contribution is 6.30. The molecule has 108 valence electrons. The maximum Gasteiger partial charge on any atom is 0.193 e. The standard InChI is InChI=1S/C17H15ClO3/c1-2-15(19)11-21-16-9-5-13(6-10-16)17(20)12-3-7-14(18)8-4-12/h3-10H,2,11H2,1H3. The number of hydrogen-bond donors (Lipinski definition) is 0. The number of carbonyl (C=O) groups excluding carboxylic acids is 2. The van der Waals surface area contributed by atoms with E-state index in [4.69, 9.17) is 16.3 Å². The topological polar surface area (TPSA) is 43.4 Å². The van der Waals surface area contributed by atoms with Crippen LogP contribution in [0.5, 0.6) is 5.75 Å². The SMILES string of the molecule is CCC(=O)COc1ccc(C(=O)c2ccc(Cl)cc2)cc1. The van der Waals surface area contributed by atoms with Crippen LogP contribution in [0.2, 0.25) is 5.02 Å². The first-order valence-corrected chi connectivity index (χ1v) is 7.02. The highest BCUT2D eigenvalue weighted by Gasteiger charge is 2.09. The third-order valence-corrected chi connectivity index (χ3v) is 3.27. The van der Waals surface area contributed by atoms with Crippen LogP contribution >= 0.6 is 11.6 Å². The summed E-state index contributed by atoms with van der Waals surface area (Å²) in [5, 5.41) is 0.593. The van der Waals surface area contributed by atoms with Crippen LogP contribution in [-0.2, 0) is 4.79 Å². The first kappa shape index (κ1) is 15.3. The summed E-state index contributed by atoms with van der Waals surface area (Å²) in [5.41, 5.74) is 1.14. The van der Waals surface area contributed by atoms with E-state index in [1.165, 1.54) is 0 Å². The van der Waals surface area contributed by atoms with Crippen LogP contribution in [0, 0.1) is 0 Å². The van der Waals surface area contributed by atoms with Crippen molar-refractivity contribution in [1.82, 2.24) is 0 Å². The molecule has 0 aromatic heterocycles. The Morgan fingerprint density at radius 2 is 1.48 bits per heavy atom. The number of hydrogen-bond acceptors (Lipinski definition) is 3. The molecule has 0 aliphatic carbocycles. The first-order valence-electron chi connectivity index (χ1n) is 6.65. The van der Waals surface area contributed by atoms with E-state index in [2.05, 4.69) is 0 Å². The number of ether oxygens (including phenoxy) is 1. The molecule has 0 radical (unpaired) electrons. The van der Waals surface area contributed by atoms with Crippen LogP contribution in [0.3, 0.4) is 0 Å². The molecule has 0 spiro atoms. The van der Waals surface area contributed by atoms with E-state index in [9.17, 15) is 9.59 Å². The fourth-order valence-electron chi connectivity index (χ4n) is 1.74. The van der Waals surface area contributed by atoms with Crippen molar-refractivity contribution in [3.63, 3.8) is 0 Å². The van der Waals surface area contributed by atoms with E-state index in [1.807, 2.05) is 0 Å². The van der Waals surface area contributed by atoms with Gasteiger partial charge in [-0.05, 0) is 48.5 Å². The zero-order chi connectivity index (χ0) is 15.2. The zero-order valence-corrected chi connectivity index (χ0v) is 12.4. The van der Waals surface area contributed by atoms with Gasteiger partial charge in [-0.25, -0.2) is 0 Å². The molecule has 0 fully saturated rings. The average molecular weight is 303 g/mol. The van der Waals surface area contributed by atoms with Gasteiger partial charge in [-0.3, -0.25) is 9.59 Å². The second-order valence-corrected chi connectivity index (χ2v) is 4.98. The largest absolute Gasteiger partial charge is 0.486 e. The molecule has 0 saturated carbocycles. The normalized spacial score (nSPS) is 10.2. The Morgan fingerprint density at radius 1 is 0.952 bits per heavy atom. The number of carbonyl (C=O) groups is 2. The summed E-state index contributed by atoms with van der Waals surface area (Å²) in [6, 6.07) is 13.5. The molecule has 0 bridgehead atoms. The Balaban J connectivity index is 2.06. The molecule has 3 nitrogen and oxygen atoms in total. The van der Waals surface area contributed by atoms with Gasteiger partial charge in [0.2, 0.25) is 0 Å². The molecule has 2 rings (SSSR count). The van der Waals surface area contributed by atoms with E-state index in [-0.39, 0.29) is 18.2 Å². The van der Waals surface area contributed by atoms with Gasteiger partial charge in [0.15, 0.2) is 11.6 Å². The average Bonchev–Trinajstić information content (AvgIpc) is 2.53. The number of rotatable bonds is 6. The van der Waals surface area contributed by atoms with E-state index in [1.54, 1.807) is 55.5 Å². The molecule has 0 atom stereocenters. The van der Waals surface area contributed by atoms with Gasteiger partial charge >= 0.3 is 0 Å². The molecule has 0 N–H and O–H groups in total. The maximum atomic E-state index is 12.2. The number of ketones is 2. The minimum Gasteiger partial charge on any atom is -0.486 e. The lowest BCUT2D eigenvalue weighted by Crippen LogP contribution is -2.09. The molecular formula is C17H15ClO3. The molecule has 0 saturated heterocycles.